The minimum atomic E-state index is -0.250. The highest BCUT2D eigenvalue weighted by Gasteiger charge is 2.31. The molecule has 2 amide bonds. The molecule has 1 aromatic rings. The van der Waals surface area contributed by atoms with Gasteiger partial charge in [-0.1, -0.05) is 6.07 Å². The van der Waals surface area contributed by atoms with E-state index in [1.165, 1.54) is 5.56 Å². The number of carbonyl (C=O) groups is 2. The molecule has 0 saturated carbocycles. The summed E-state index contributed by atoms with van der Waals surface area (Å²) in [5, 5.41) is 0. The van der Waals surface area contributed by atoms with Crippen LogP contribution in [-0.4, -0.2) is 61.0 Å². The third kappa shape index (κ3) is 3.88. The van der Waals surface area contributed by atoms with E-state index >= 15 is 0 Å². The predicted molar refractivity (Wildman–Crippen MR) is 99.5 cm³/mol. The molecule has 3 aliphatic rings. The number of ether oxygens (including phenoxy) is 2. The van der Waals surface area contributed by atoms with Crippen molar-refractivity contribution in [1.82, 2.24) is 9.80 Å². The summed E-state index contributed by atoms with van der Waals surface area (Å²) in [6.45, 7) is 3.74. The first kappa shape index (κ1) is 18.1. The number of nitrogens with two attached hydrogens (primary N) is 1. The van der Waals surface area contributed by atoms with E-state index in [9.17, 15) is 9.59 Å². The van der Waals surface area contributed by atoms with Gasteiger partial charge in [0.1, 0.15) is 13.2 Å². The summed E-state index contributed by atoms with van der Waals surface area (Å²) >= 11 is 0. The van der Waals surface area contributed by atoms with E-state index in [1.54, 1.807) is 0 Å². The van der Waals surface area contributed by atoms with Crippen LogP contribution in [0.5, 0.6) is 11.5 Å². The van der Waals surface area contributed by atoms with Crippen molar-refractivity contribution in [2.45, 2.75) is 31.7 Å². The zero-order valence-electron chi connectivity index (χ0n) is 15.6. The smallest absolute Gasteiger partial charge is 0.236 e. The summed E-state index contributed by atoms with van der Waals surface area (Å²) in [6, 6.07) is 6.34. The molecule has 146 valence electrons. The highest BCUT2D eigenvalue weighted by molar-refractivity contribution is 5.80. The van der Waals surface area contributed by atoms with Crippen molar-refractivity contribution >= 4 is 11.8 Å². The normalized spacial score (nSPS) is 23.4. The summed E-state index contributed by atoms with van der Waals surface area (Å²) in [6.07, 6.45) is 3.46. The lowest BCUT2D eigenvalue weighted by Gasteiger charge is -2.33. The first-order valence-corrected chi connectivity index (χ1v) is 9.82. The average molecular weight is 373 g/mol. The van der Waals surface area contributed by atoms with Crippen LogP contribution in [0.4, 0.5) is 0 Å². The predicted octanol–water partition coefficient (Wildman–Crippen LogP) is 1.32. The van der Waals surface area contributed by atoms with E-state index in [-0.39, 0.29) is 23.8 Å². The highest BCUT2D eigenvalue weighted by atomic mass is 16.6. The van der Waals surface area contributed by atoms with Gasteiger partial charge in [0.05, 0.1) is 6.54 Å². The van der Waals surface area contributed by atoms with Crippen molar-refractivity contribution in [3.8, 4) is 11.5 Å². The number of piperidine rings is 1. The van der Waals surface area contributed by atoms with Crippen LogP contribution >= 0.6 is 0 Å². The van der Waals surface area contributed by atoms with Gasteiger partial charge in [-0.15, -0.1) is 0 Å². The zero-order chi connectivity index (χ0) is 18.8. The number of amides is 2. The number of likely N-dealkylation sites (tertiary alicyclic amines) is 2. The Hall–Kier alpha value is -2.28. The molecule has 27 heavy (non-hydrogen) atoms. The second-order valence-corrected chi connectivity index (χ2v) is 7.59. The molecule has 3 aliphatic heterocycles. The minimum Gasteiger partial charge on any atom is -0.486 e. The van der Waals surface area contributed by atoms with Gasteiger partial charge in [-0.2, -0.15) is 0 Å². The molecule has 7 heteroatoms. The van der Waals surface area contributed by atoms with Gasteiger partial charge in [0.2, 0.25) is 11.8 Å². The van der Waals surface area contributed by atoms with Gasteiger partial charge in [0.15, 0.2) is 11.5 Å². The standard InChI is InChI=1S/C20H27N3O4/c21-20(25)14-5-8-22(9-6-14)19(24)13-23-7-1-2-16(23)15-3-4-17-18(12-15)27-11-10-26-17/h3-4,12,14,16H,1-2,5-11,13H2,(H2,21,25)/t16-/m0/s1. The maximum Gasteiger partial charge on any atom is 0.236 e. The molecule has 1 atom stereocenters. The fourth-order valence-electron chi connectivity index (χ4n) is 4.35. The van der Waals surface area contributed by atoms with Crippen LogP contribution in [0.2, 0.25) is 0 Å². The molecule has 0 bridgehead atoms. The van der Waals surface area contributed by atoms with E-state index in [1.807, 2.05) is 11.0 Å². The van der Waals surface area contributed by atoms with E-state index in [2.05, 4.69) is 17.0 Å². The van der Waals surface area contributed by atoms with Crippen LogP contribution in [0.15, 0.2) is 18.2 Å². The van der Waals surface area contributed by atoms with Crippen LogP contribution < -0.4 is 15.2 Å². The van der Waals surface area contributed by atoms with Gasteiger partial charge in [0.25, 0.3) is 0 Å². The Balaban J connectivity index is 1.39. The minimum absolute atomic E-state index is 0.0914. The van der Waals surface area contributed by atoms with Gasteiger partial charge in [-0.25, -0.2) is 0 Å². The van der Waals surface area contributed by atoms with Crippen LogP contribution in [0.25, 0.3) is 0 Å². The lowest BCUT2D eigenvalue weighted by Crippen LogP contribution is -2.45. The highest BCUT2D eigenvalue weighted by Crippen LogP contribution is 2.38. The summed E-state index contributed by atoms with van der Waals surface area (Å²) < 4.78 is 11.3. The molecule has 0 aliphatic carbocycles. The zero-order valence-corrected chi connectivity index (χ0v) is 15.6. The number of benzene rings is 1. The van der Waals surface area contributed by atoms with Crippen LogP contribution in [0.1, 0.15) is 37.3 Å². The third-order valence-corrected chi connectivity index (χ3v) is 5.90. The van der Waals surface area contributed by atoms with E-state index < -0.39 is 0 Å². The number of hydrogen-bond donors (Lipinski definition) is 1. The molecule has 2 saturated heterocycles. The summed E-state index contributed by atoms with van der Waals surface area (Å²) in [5.74, 6) is 1.39. The Morgan fingerprint density at radius 2 is 1.78 bits per heavy atom. The lowest BCUT2D eigenvalue weighted by molar-refractivity contribution is -0.136. The Morgan fingerprint density at radius 3 is 2.52 bits per heavy atom. The fraction of sp³-hybridized carbons (Fsp3) is 0.600. The molecule has 1 aromatic carbocycles. The first-order valence-electron chi connectivity index (χ1n) is 9.82. The molecule has 0 unspecified atom stereocenters. The van der Waals surface area contributed by atoms with Gasteiger partial charge in [-0.05, 0) is 49.9 Å². The van der Waals surface area contributed by atoms with Crippen LogP contribution in [0, 0.1) is 5.92 Å². The average Bonchev–Trinajstić information content (AvgIpc) is 3.15. The van der Waals surface area contributed by atoms with Crippen LogP contribution in [-0.2, 0) is 9.59 Å². The van der Waals surface area contributed by atoms with Gasteiger partial charge >= 0.3 is 0 Å². The van der Waals surface area contributed by atoms with E-state index in [0.717, 1.165) is 30.9 Å². The van der Waals surface area contributed by atoms with Crippen LogP contribution in [0.3, 0.4) is 0 Å². The van der Waals surface area contributed by atoms with Crippen molar-refractivity contribution in [2.24, 2.45) is 11.7 Å². The number of nitrogens with zero attached hydrogens (tertiary/aromatic N) is 2. The number of fused-ring (bicyclic) bond motifs is 1. The quantitative estimate of drug-likeness (QED) is 0.860. The van der Waals surface area contributed by atoms with Gasteiger partial charge in [-0.3, -0.25) is 14.5 Å². The Kier molecular flexibility index (Phi) is 5.20. The van der Waals surface area contributed by atoms with Crippen molar-refractivity contribution in [2.75, 3.05) is 39.4 Å². The van der Waals surface area contributed by atoms with Crippen molar-refractivity contribution in [3.05, 3.63) is 23.8 Å². The number of hydrogen-bond acceptors (Lipinski definition) is 5. The molecule has 2 fully saturated rings. The molecule has 4 rings (SSSR count). The van der Waals surface area contributed by atoms with Crippen molar-refractivity contribution in [3.63, 3.8) is 0 Å². The third-order valence-electron chi connectivity index (χ3n) is 5.90. The molecule has 2 N–H and O–H groups in total. The Bertz CT molecular complexity index is 715. The molecular weight excluding hydrogens is 346 g/mol. The van der Waals surface area contributed by atoms with E-state index in [4.69, 9.17) is 15.2 Å². The van der Waals surface area contributed by atoms with Crippen molar-refractivity contribution < 1.29 is 19.1 Å². The largest absolute Gasteiger partial charge is 0.486 e. The summed E-state index contributed by atoms with van der Waals surface area (Å²) in [4.78, 5) is 28.2. The van der Waals surface area contributed by atoms with Crippen molar-refractivity contribution in [1.29, 1.82) is 0 Å². The monoisotopic (exact) mass is 373 g/mol. The van der Waals surface area contributed by atoms with Gasteiger partial charge in [0, 0.05) is 25.0 Å². The number of rotatable bonds is 4. The van der Waals surface area contributed by atoms with E-state index in [0.29, 0.717) is 45.7 Å². The number of carbonyl (C=O) groups excluding carboxylic acids is 2. The SMILES string of the molecule is NC(=O)C1CCN(C(=O)CN2CCC[C@H]2c2ccc3c(c2)OCCO3)CC1. The topological polar surface area (TPSA) is 85.1 Å². The second-order valence-electron chi connectivity index (χ2n) is 7.59. The first-order chi connectivity index (χ1) is 13.1. The Labute approximate surface area is 159 Å². The second kappa shape index (κ2) is 7.76. The lowest BCUT2D eigenvalue weighted by atomic mass is 9.96. The summed E-state index contributed by atoms with van der Waals surface area (Å²) in [7, 11) is 0. The van der Waals surface area contributed by atoms with Gasteiger partial charge < -0.3 is 20.1 Å². The maximum absolute atomic E-state index is 12.8. The number of primary amides is 1. The molecule has 3 heterocycles. The molecule has 0 spiro atoms. The fourth-order valence-corrected chi connectivity index (χ4v) is 4.35. The molecule has 7 nitrogen and oxygen atoms in total. The molecule has 0 aromatic heterocycles. The summed E-state index contributed by atoms with van der Waals surface area (Å²) in [5.41, 5.74) is 6.56. The maximum atomic E-state index is 12.8. The molecular formula is C20H27N3O4. The Morgan fingerprint density at radius 1 is 1.04 bits per heavy atom. The molecule has 0 radical (unpaired) electrons.